The Morgan fingerprint density at radius 1 is 1.07 bits per heavy atom. The summed E-state index contributed by atoms with van der Waals surface area (Å²) in [6.45, 7) is 1.90. The van der Waals surface area contributed by atoms with Gasteiger partial charge in [0.25, 0.3) is 0 Å². The summed E-state index contributed by atoms with van der Waals surface area (Å²) in [5, 5.41) is 10.9. The molecule has 9 nitrogen and oxygen atoms in total. The van der Waals surface area contributed by atoms with Gasteiger partial charge in [0, 0.05) is 13.1 Å². The average molecular weight is 374 g/mol. The third kappa shape index (κ3) is 4.18. The van der Waals surface area contributed by atoms with Gasteiger partial charge in [0.15, 0.2) is 11.0 Å². The van der Waals surface area contributed by atoms with Gasteiger partial charge >= 0.3 is 11.9 Å². The highest BCUT2D eigenvalue weighted by molar-refractivity contribution is 6.02. The molecule has 0 bridgehead atoms. The molecule has 9 heteroatoms. The van der Waals surface area contributed by atoms with E-state index in [2.05, 4.69) is 25.3 Å². The minimum atomic E-state index is -0.707. The van der Waals surface area contributed by atoms with Gasteiger partial charge in [-0.05, 0) is 35.3 Å². The molecular formula is C18H22N4O5. The number of nitrogens with one attached hydrogen (secondary N) is 1. The van der Waals surface area contributed by atoms with E-state index in [1.165, 1.54) is 27.1 Å². The minimum Gasteiger partial charge on any atom is -0.466 e. The van der Waals surface area contributed by atoms with Crippen molar-refractivity contribution in [3.63, 3.8) is 0 Å². The minimum absolute atomic E-state index is 0.0730. The van der Waals surface area contributed by atoms with Crippen molar-refractivity contribution in [2.45, 2.75) is 25.7 Å². The van der Waals surface area contributed by atoms with E-state index in [0.717, 1.165) is 37.7 Å². The van der Waals surface area contributed by atoms with E-state index in [0.29, 0.717) is 16.7 Å². The predicted molar refractivity (Wildman–Crippen MR) is 98.2 cm³/mol. The van der Waals surface area contributed by atoms with Crippen LogP contribution in [0.4, 0.5) is 11.4 Å². The number of benzene rings is 1. The van der Waals surface area contributed by atoms with Crippen molar-refractivity contribution >= 4 is 34.3 Å². The number of anilines is 2. The summed E-state index contributed by atoms with van der Waals surface area (Å²) in [5.41, 5.74) is 2.41. The van der Waals surface area contributed by atoms with E-state index in [4.69, 9.17) is 9.37 Å². The van der Waals surface area contributed by atoms with Crippen molar-refractivity contribution in [1.29, 1.82) is 0 Å². The number of hydrogen-bond acceptors (Lipinski definition) is 9. The molecule has 3 rings (SSSR count). The molecule has 1 fully saturated rings. The van der Waals surface area contributed by atoms with Gasteiger partial charge in [0.05, 0.1) is 31.7 Å². The van der Waals surface area contributed by atoms with E-state index in [-0.39, 0.29) is 5.70 Å². The van der Waals surface area contributed by atoms with Gasteiger partial charge < -0.3 is 19.7 Å². The largest absolute Gasteiger partial charge is 0.466 e. The smallest absolute Gasteiger partial charge is 0.354 e. The summed E-state index contributed by atoms with van der Waals surface area (Å²) in [4.78, 5) is 25.8. The number of ether oxygens (including phenoxy) is 2. The molecule has 1 aromatic heterocycles. The molecule has 0 unspecified atom stereocenters. The van der Waals surface area contributed by atoms with Crippen LogP contribution in [-0.2, 0) is 19.1 Å². The zero-order chi connectivity index (χ0) is 19.2. The lowest BCUT2D eigenvalue weighted by Gasteiger charge is -2.23. The number of fused-ring (bicyclic) bond motifs is 1. The maximum absolute atomic E-state index is 12.0. The number of aromatic nitrogens is 2. The number of esters is 2. The zero-order valence-corrected chi connectivity index (χ0v) is 15.4. The van der Waals surface area contributed by atoms with Gasteiger partial charge in [0.2, 0.25) is 0 Å². The van der Waals surface area contributed by atoms with Gasteiger partial charge in [-0.15, -0.1) is 0 Å². The number of methoxy groups -OCH3 is 2. The second-order valence-corrected chi connectivity index (χ2v) is 6.19. The van der Waals surface area contributed by atoms with Crippen LogP contribution in [-0.4, -0.2) is 49.6 Å². The summed E-state index contributed by atoms with van der Waals surface area (Å²) < 4.78 is 14.2. The summed E-state index contributed by atoms with van der Waals surface area (Å²) in [7, 11) is 2.45. The fourth-order valence-corrected chi connectivity index (χ4v) is 3.10. The number of carbonyl (C=O) groups is 2. The van der Waals surface area contributed by atoms with Crippen LogP contribution >= 0.6 is 0 Å². The maximum Gasteiger partial charge on any atom is 0.354 e. The summed E-state index contributed by atoms with van der Waals surface area (Å²) >= 11 is 0. The van der Waals surface area contributed by atoms with E-state index < -0.39 is 11.9 Å². The Labute approximate surface area is 156 Å². The van der Waals surface area contributed by atoms with E-state index in [9.17, 15) is 9.59 Å². The Morgan fingerprint density at radius 3 is 2.44 bits per heavy atom. The lowest BCUT2D eigenvalue weighted by atomic mass is 10.2. The molecule has 1 aromatic carbocycles. The molecule has 1 aliphatic rings. The highest BCUT2D eigenvalue weighted by atomic mass is 16.6. The van der Waals surface area contributed by atoms with E-state index in [1.807, 2.05) is 6.07 Å². The Balaban J connectivity index is 1.95. The molecule has 1 N–H and O–H groups in total. The van der Waals surface area contributed by atoms with E-state index in [1.54, 1.807) is 6.07 Å². The molecule has 1 aliphatic heterocycles. The van der Waals surface area contributed by atoms with Gasteiger partial charge in [0.1, 0.15) is 5.70 Å². The molecule has 0 spiro atoms. The van der Waals surface area contributed by atoms with Crippen molar-refractivity contribution in [1.82, 2.24) is 10.3 Å². The fraction of sp³-hybridized carbons (Fsp3) is 0.444. The summed E-state index contributed by atoms with van der Waals surface area (Å²) in [6, 6.07) is 3.69. The molecule has 2 aromatic rings. The Hall–Kier alpha value is -3.10. The third-order valence-corrected chi connectivity index (χ3v) is 4.48. The average Bonchev–Trinajstić information content (AvgIpc) is 3.03. The first-order chi connectivity index (χ1) is 13.1. The molecule has 144 valence electrons. The third-order valence-electron chi connectivity index (χ3n) is 4.48. The Bertz CT molecular complexity index is 853. The lowest BCUT2D eigenvalue weighted by molar-refractivity contribution is -0.138. The summed E-state index contributed by atoms with van der Waals surface area (Å²) in [6.07, 6.45) is 5.71. The van der Waals surface area contributed by atoms with Gasteiger partial charge in [-0.2, -0.15) is 0 Å². The number of carbonyl (C=O) groups excluding carboxylic acids is 2. The monoisotopic (exact) mass is 374 g/mol. The first-order valence-electron chi connectivity index (χ1n) is 8.79. The van der Waals surface area contributed by atoms with Crippen LogP contribution in [0.5, 0.6) is 0 Å². The quantitative estimate of drug-likeness (QED) is 0.623. The number of rotatable bonds is 5. The van der Waals surface area contributed by atoms with Crippen LogP contribution in [0.25, 0.3) is 11.0 Å². The molecule has 0 aliphatic carbocycles. The lowest BCUT2D eigenvalue weighted by Crippen LogP contribution is -2.24. The maximum atomic E-state index is 12.0. The van der Waals surface area contributed by atoms with Gasteiger partial charge in [-0.1, -0.05) is 12.8 Å². The highest BCUT2D eigenvalue weighted by Crippen LogP contribution is 2.32. The molecule has 1 saturated heterocycles. The van der Waals surface area contributed by atoms with Crippen LogP contribution < -0.4 is 10.2 Å². The van der Waals surface area contributed by atoms with Crippen LogP contribution in [0.1, 0.15) is 25.7 Å². The number of nitrogens with zero attached hydrogens (tertiary/aromatic N) is 3. The Kier molecular flexibility index (Phi) is 5.90. The normalized spacial score (nSPS) is 15.3. The van der Waals surface area contributed by atoms with Crippen LogP contribution in [0, 0.1) is 0 Å². The van der Waals surface area contributed by atoms with Crippen LogP contribution in [0.3, 0.4) is 0 Å². The molecular weight excluding hydrogens is 352 g/mol. The molecule has 0 amide bonds. The first kappa shape index (κ1) is 18.7. The standard InChI is InChI=1S/C18H22N4O5/c1-25-15(23)11-13(18(24)26-2)19-12-7-8-14(17-16(12)20-27-21-17)22-9-5-3-4-6-10-22/h7-8,11,19H,3-6,9-10H2,1-2H3/b13-11+. The molecule has 2 heterocycles. The van der Waals surface area contributed by atoms with Gasteiger partial charge in [-0.25, -0.2) is 14.2 Å². The van der Waals surface area contributed by atoms with Crippen molar-refractivity contribution in [2.24, 2.45) is 0 Å². The highest BCUT2D eigenvalue weighted by Gasteiger charge is 2.20. The van der Waals surface area contributed by atoms with Crippen LogP contribution in [0.15, 0.2) is 28.5 Å². The van der Waals surface area contributed by atoms with Crippen molar-refractivity contribution in [3.8, 4) is 0 Å². The molecule has 0 radical (unpaired) electrons. The topological polar surface area (TPSA) is 107 Å². The van der Waals surface area contributed by atoms with Crippen molar-refractivity contribution in [2.75, 3.05) is 37.5 Å². The zero-order valence-electron chi connectivity index (χ0n) is 15.4. The fourth-order valence-electron chi connectivity index (χ4n) is 3.10. The predicted octanol–water partition coefficient (Wildman–Crippen LogP) is 2.25. The molecule has 0 atom stereocenters. The van der Waals surface area contributed by atoms with Crippen molar-refractivity contribution < 1.29 is 23.7 Å². The SMILES string of the molecule is COC(=O)/C=C(/Nc1ccc(N2CCCCCC2)c2nonc12)C(=O)OC. The number of hydrogen-bond donors (Lipinski definition) is 1. The second-order valence-electron chi connectivity index (χ2n) is 6.19. The van der Waals surface area contributed by atoms with E-state index >= 15 is 0 Å². The van der Waals surface area contributed by atoms with Gasteiger partial charge in [-0.3, -0.25) is 0 Å². The Morgan fingerprint density at radius 2 is 1.78 bits per heavy atom. The molecule has 27 heavy (non-hydrogen) atoms. The molecule has 0 saturated carbocycles. The summed E-state index contributed by atoms with van der Waals surface area (Å²) in [5.74, 6) is -1.39. The second kappa shape index (κ2) is 8.52. The first-order valence-corrected chi connectivity index (χ1v) is 8.79. The van der Waals surface area contributed by atoms with Crippen LogP contribution in [0.2, 0.25) is 0 Å². The van der Waals surface area contributed by atoms with Crippen molar-refractivity contribution in [3.05, 3.63) is 23.9 Å².